The third-order valence-electron chi connectivity index (χ3n) is 5.61. The van der Waals surface area contributed by atoms with E-state index >= 15 is 0 Å². The number of Topliss-reactive ketones (excluding diaryl/α,β-unsaturated/α-hetero) is 2. The van der Waals surface area contributed by atoms with Crippen LogP contribution >= 0.6 is 11.6 Å². The summed E-state index contributed by atoms with van der Waals surface area (Å²) in [6.45, 7) is 5.85. The maximum absolute atomic E-state index is 13.4. The topological polar surface area (TPSA) is 74.6 Å². The van der Waals surface area contributed by atoms with Crippen molar-refractivity contribution < 1.29 is 19.8 Å². The van der Waals surface area contributed by atoms with Crippen molar-refractivity contribution in [2.75, 3.05) is 0 Å². The van der Waals surface area contributed by atoms with E-state index < -0.39 is 11.2 Å². The number of halogens is 1. The number of carbonyl (C=O) groups is 2. The monoisotopic (exact) mass is 418 g/mol. The number of aliphatic hydroxyl groups excluding tert-OH is 2. The van der Waals surface area contributed by atoms with Gasteiger partial charge in [-0.1, -0.05) is 63.8 Å². The molecule has 0 amide bonds. The minimum Gasteiger partial charge on any atom is -0.511 e. The molecule has 2 N–H and O–H groups in total. The lowest BCUT2D eigenvalue weighted by atomic mass is 9.66. The summed E-state index contributed by atoms with van der Waals surface area (Å²) in [5.74, 6) is -1.18. The predicted octanol–water partition coefficient (Wildman–Crippen LogP) is 6.44. The van der Waals surface area contributed by atoms with Gasteiger partial charge in [0.05, 0.1) is 5.41 Å². The molecule has 158 valence electrons. The highest BCUT2D eigenvalue weighted by molar-refractivity contribution is 6.30. The highest BCUT2D eigenvalue weighted by Crippen LogP contribution is 2.47. The first-order chi connectivity index (χ1) is 13.8. The molecule has 0 aliphatic heterocycles. The van der Waals surface area contributed by atoms with E-state index in [1.807, 2.05) is 32.9 Å². The molecule has 0 saturated carbocycles. The van der Waals surface area contributed by atoms with Gasteiger partial charge < -0.3 is 10.2 Å². The lowest BCUT2D eigenvalue weighted by molar-refractivity contribution is -0.129. The summed E-state index contributed by atoms with van der Waals surface area (Å²) in [5.41, 5.74) is 0.0449. The van der Waals surface area contributed by atoms with Gasteiger partial charge in [0.15, 0.2) is 11.6 Å². The fourth-order valence-corrected chi connectivity index (χ4v) is 4.35. The lowest BCUT2D eigenvalue weighted by Gasteiger charge is -2.37. The molecule has 2 rings (SSSR count). The predicted molar refractivity (Wildman–Crippen MR) is 116 cm³/mol. The van der Waals surface area contributed by atoms with Gasteiger partial charge in [-0.3, -0.25) is 9.59 Å². The second-order valence-electron chi connectivity index (χ2n) is 7.76. The van der Waals surface area contributed by atoms with Crippen molar-refractivity contribution in [3.8, 4) is 0 Å². The first-order valence-corrected chi connectivity index (χ1v) is 10.9. The number of aliphatic hydroxyl groups is 2. The van der Waals surface area contributed by atoms with Gasteiger partial charge in [-0.2, -0.15) is 0 Å². The van der Waals surface area contributed by atoms with Crippen molar-refractivity contribution in [2.45, 2.75) is 72.1 Å². The zero-order valence-corrected chi connectivity index (χ0v) is 18.3. The number of hydrogen-bond donors (Lipinski definition) is 2. The lowest BCUT2D eigenvalue weighted by Crippen LogP contribution is -2.41. The Labute approximate surface area is 178 Å². The molecule has 1 aromatic rings. The highest BCUT2D eigenvalue weighted by atomic mass is 35.5. The van der Waals surface area contributed by atoms with Gasteiger partial charge in [-0.05, 0) is 43.4 Å². The van der Waals surface area contributed by atoms with Gasteiger partial charge in [0, 0.05) is 17.0 Å². The molecule has 1 aliphatic carbocycles. The van der Waals surface area contributed by atoms with E-state index in [0.717, 1.165) is 5.56 Å². The van der Waals surface area contributed by atoms with Crippen molar-refractivity contribution in [1.29, 1.82) is 0 Å². The number of rotatable bonds is 10. The van der Waals surface area contributed by atoms with Crippen molar-refractivity contribution in [3.63, 3.8) is 0 Å². The average molecular weight is 419 g/mol. The normalized spacial score (nSPS) is 16.5. The molecule has 0 unspecified atom stereocenters. The van der Waals surface area contributed by atoms with Crippen LogP contribution in [0.5, 0.6) is 0 Å². The Kier molecular flexibility index (Phi) is 8.09. The fourth-order valence-electron chi connectivity index (χ4n) is 4.23. The summed E-state index contributed by atoms with van der Waals surface area (Å²) in [6, 6.07) is 7.22. The number of allylic oxidation sites excluding steroid dienone is 3. The largest absolute Gasteiger partial charge is 0.511 e. The van der Waals surface area contributed by atoms with Crippen LogP contribution in [0.3, 0.4) is 0 Å². The highest BCUT2D eigenvalue weighted by Gasteiger charge is 2.49. The van der Waals surface area contributed by atoms with Gasteiger partial charge in [0.2, 0.25) is 0 Å². The van der Waals surface area contributed by atoms with Crippen molar-refractivity contribution in [2.24, 2.45) is 5.41 Å². The van der Waals surface area contributed by atoms with Crippen LogP contribution in [-0.2, 0) is 16.0 Å². The molecule has 0 atom stereocenters. The molecule has 0 heterocycles. The summed E-state index contributed by atoms with van der Waals surface area (Å²) >= 11 is 5.90. The van der Waals surface area contributed by atoms with E-state index in [2.05, 4.69) is 0 Å². The quantitative estimate of drug-likeness (QED) is 0.429. The van der Waals surface area contributed by atoms with Crippen molar-refractivity contribution in [3.05, 3.63) is 57.5 Å². The van der Waals surface area contributed by atoms with Gasteiger partial charge in [0.25, 0.3) is 0 Å². The zero-order valence-electron chi connectivity index (χ0n) is 17.6. The molecule has 29 heavy (non-hydrogen) atoms. The Morgan fingerprint density at radius 2 is 1.55 bits per heavy atom. The number of hydrogen-bond acceptors (Lipinski definition) is 4. The van der Waals surface area contributed by atoms with Crippen LogP contribution < -0.4 is 0 Å². The van der Waals surface area contributed by atoms with Crippen LogP contribution in [0.4, 0.5) is 0 Å². The van der Waals surface area contributed by atoms with E-state index in [9.17, 15) is 19.8 Å². The van der Waals surface area contributed by atoms with Crippen LogP contribution in [0, 0.1) is 5.41 Å². The molecular formula is C24H31ClO4. The Bertz CT molecular complexity index is 812. The number of aryl methyl sites for hydroxylation is 1. The number of benzene rings is 1. The van der Waals surface area contributed by atoms with Gasteiger partial charge in [0.1, 0.15) is 17.1 Å². The van der Waals surface area contributed by atoms with Crippen LogP contribution in [0.1, 0.15) is 71.3 Å². The molecule has 0 radical (unpaired) electrons. The SMILES string of the molecule is CCCC1=C(O)C(CCC)(CCC)C(=O)C(C(=O)CCc2ccc(Cl)cc2)=C1O. The van der Waals surface area contributed by atoms with Crippen molar-refractivity contribution in [1.82, 2.24) is 0 Å². The standard InChI is InChI=1S/C24H31ClO4/c1-4-7-18-21(27)20(19(26)13-10-16-8-11-17(25)12-9-16)23(29)24(14-5-2,15-6-3)22(18)28/h8-9,11-12,27-28H,4-7,10,13-15H2,1-3H3. The second kappa shape index (κ2) is 10.1. The maximum Gasteiger partial charge on any atom is 0.183 e. The first kappa shape index (κ1) is 23.2. The van der Waals surface area contributed by atoms with Gasteiger partial charge in [-0.15, -0.1) is 0 Å². The fraction of sp³-hybridized carbons (Fsp3) is 0.500. The maximum atomic E-state index is 13.4. The molecule has 0 saturated heterocycles. The van der Waals surface area contributed by atoms with Crippen LogP contribution in [0.15, 0.2) is 46.9 Å². The van der Waals surface area contributed by atoms with E-state index in [4.69, 9.17) is 11.6 Å². The van der Waals surface area contributed by atoms with Gasteiger partial charge in [-0.25, -0.2) is 0 Å². The molecule has 5 heteroatoms. The van der Waals surface area contributed by atoms with Gasteiger partial charge >= 0.3 is 0 Å². The molecule has 1 aliphatic rings. The smallest absolute Gasteiger partial charge is 0.183 e. The summed E-state index contributed by atoms with van der Waals surface area (Å²) in [4.78, 5) is 26.5. The van der Waals surface area contributed by atoms with Crippen LogP contribution in [0.25, 0.3) is 0 Å². The van der Waals surface area contributed by atoms with Crippen LogP contribution in [-0.4, -0.2) is 21.8 Å². The molecule has 0 fully saturated rings. The Morgan fingerprint density at radius 1 is 0.966 bits per heavy atom. The first-order valence-electron chi connectivity index (χ1n) is 10.5. The average Bonchev–Trinajstić information content (AvgIpc) is 2.69. The van der Waals surface area contributed by atoms with Crippen LogP contribution in [0.2, 0.25) is 5.02 Å². The van der Waals surface area contributed by atoms with E-state index in [1.165, 1.54) is 0 Å². The third-order valence-corrected chi connectivity index (χ3v) is 5.86. The molecule has 1 aromatic carbocycles. The molecule has 0 spiro atoms. The third kappa shape index (κ3) is 4.75. The molecule has 4 nitrogen and oxygen atoms in total. The van der Waals surface area contributed by atoms with E-state index in [0.29, 0.717) is 55.5 Å². The minimum absolute atomic E-state index is 0.0419. The Hall–Kier alpha value is -2.07. The second-order valence-corrected chi connectivity index (χ2v) is 8.20. The van der Waals surface area contributed by atoms with E-state index in [-0.39, 0.29) is 29.3 Å². The van der Waals surface area contributed by atoms with E-state index in [1.54, 1.807) is 12.1 Å². The van der Waals surface area contributed by atoms with Crippen molar-refractivity contribution >= 4 is 23.2 Å². The summed E-state index contributed by atoms with van der Waals surface area (Å²) < 4.78 is 0. The zero-order chi connectivity index (χ0) is 21.6. The Morgan fingerprint density at radius 3 is 2.07 bits per heavy atom. The molecule has 0 aromatic heterocycles. The number of carbonyl (C=O) groups excluding carboxylic acids is 2. The summed E-state index contributed by atoms with van der Waals surface area (Å²) in [7, 11) is 0. The molecular weight excluding hydrogens is 388 g/mol. The Balaban J connectivity index is 2.42. The summed E-state index contributed by atoms with van der Waals surface area (Å²) in [6.07, 6.45) is 3.99. The molecule has 0 bridgehead atoms. The minimum atomic E-state index is -1.11. The summed E-state index contributed by atoms with van der Waals surface area (Å²) in [5, 5.41) is 22.4. The number of ketones is 2.